The standard InChI is InChI=1S/C27H28N2O7/c1-33-18-7-8-21(34-2)19(16-18)24-23(25(30)22-15-17-5-3-4-6-20(17)36-22)26(31)27(32)29(24)10-9-28-11-13-35-14-12-28/h3-8,15-16,24,31H,9-14H2,1-2H3/t24-/m0/s1. The second-order valence-corrected chi connectivity index (χ2v) is 8.70. The van der Waals surface area contributed by atoms with Crippen molar-refractivity contribution in [2.24, 2.45) is 0 Å². The number of aliphatic hydroxyl groups excluding tert-OH is 1. The fraction of sp³-hybridized carbons (Fsp3) is 0.333. The number of furan rings is 1. The summed E-state index contributed by atoms with van der Waals surface area (Å²) in [4.78, 5) is 30.8. The van der Waals surface area contributed by atoms with Crippen molar-refractivity contribution in [3.05, 3.63) is 71.2 Å². The summed E-state index contributed by atoms with van der Waals surface area (Å²) in [5, 5.41) is 11.8. The summed E-state index contributed by atoms with van der Waals surface area (Å²) in [5.41, 5.74) is 1.04. The van der Waals surface area contributed by atoms with Crippen molar-refractivity contribution in [2.45, 2.75) is 6.04 Å². The maximum Gasteiger partial charge on any atom is 0.290 e. The molecule has 1 saturated heterocycles. The third kappa shape index (κ3) is 4.31. The number of hydrogen-bond acceptors (Lipinski definition) is 8. The summed E-state index contributed by atoms with van der Waals surface area (Å²) < 4.78 is 22.2. The monoisotopic (exact) mass is 492 g/mol. The molecule has 1 atom stereocenters. The minimum absolute atomic E-state index is 0.0485. The van der Waals surface area contributed by atoms with Gasteiger partial charge in [-0.2, -0.15) is 0 Å². The fourth-order valence-electron chi connectivity index (χ4n) is 4.79. The van der Waals surface area contributed by atoms with Crippen LogP contribution in [0.1, 0.15) is 22.2 Å². The van der Waals surface area contributed by atoms with Crippen LogP contribution in [0.3, 0.4) is 0 Å². The number of morpholine rings is 1. The summed E-state index contributed by atoms with van der Waals surface area (Å²) in [6, 6.07) is 13.2. The van der Waals surface area contributed by atoms with Crippen molar-refractivity contribution in [2.75, 3.05) is 53.6 Å². The van der Waals surface area contributed by atoms with E-state index in [4.69, 9.17) is 18.6 Å². The number of methoxy groups -OCH3 is 2. The number of carbonyl (C=O) groups excluding carboxylic acids is 2. The topological polar surface area (TPSA) is 102 Å². The van der Waals surface area contributed by atoms with Crippen LogP contribution in [0, 0.1) is 0 Å². The van der Waals surface area contributed by atoms with E-state index < -0.39 is 23.5 Å². The Labute approximate surface area is 208 Å². The summed E-state index contributed by atoms with van der Waals surface area (Å²) in [7, 11) is 3.06. The number of para-hydroxylation sites is 1. The molecule has 1 N–H and O–H groups in total. The first-order valence-corrected chi connectivity index (χ1v) is 11.8. The van der Waals surface area contributed by atoms with Gasteiger partial charge in [0.1, 0.15) is 17.1 Å². The number of carbonyl (C=O) groups is 2. The summed E-state index contributed by atoms with van der Waals surface area (Å²) >= 11 is 0. The lowest BCUT2D eigenvalue weighted by atomic mass is 9.94. The number of fused-ring (bicyclic) bond motifs is 1. The van der Waals surface area contributed by atoms with Crippen LogP contribution in [0.15, 0.2) is 64.3 Å². The molecular weight excluding hydrogens is 464 g/mol. The summed E-state index contributed by atoms with van der Waals surface area (Å²) in [6.45, 7) is 3.61. The number of nitrogens with zero attached hydrogens (tertiary/aromatic N) is 2. The molecule has 5 rings (SSSR count). The van der Waals surface area contributed by atoms with E-state index in [9.17, 15) is 14.7 Å². The second-order valence-electron chi connectivity index (χ2n) is 8.70. The molecule has 0 aliphatic carbocycles. The summed E-state index contributed by atoms with van der Waals surface area (Å²) in [6.07, 6.45) is 0. The number of ketones is 1. The Morgan fingerprint density at radius 2 is 1.83 bits per heavy atom. The molecule has 2 aromatic carbocycles. The Morgan fingerprint density at radius 1 is 1.06 bits per heavy atom. The van der Waals surface area contributed by atoms with Crippen molar-refractivity contribution in [3.63, 3.8) is 0 Å². The van der Waals surface area contributed by atoms with Gasteiger partial charge in [-0.05, 0) is 30.3 Å². The van der Waals surface area contributed by atoms with E-state index in [1.807, 2.05) is 18.2 Å². The van der Waals surface area contributed by atoms with Crippen molar-refractivity contribution < 1.29 is 33.3 Å². The Kier molecular flexibility index (Phi) is 6.67. The first-order chi connectivity index (χ1) is 17.5. The maximum absolute atomic E-state index is 13.8. The molecule has 36 heavy (non-hydrogen) atoms. The zero-order valence-electron chi connectivity index (χ0n) is 20.2. The molecule has 0 saturated carbocycles. The number of amides is 1. The molecule has 1 aromatic heterocycles. The van der Waals surface area contributed by atoms with Crippen LogP contribution in [0.25, 0.3) is 11.0 Å². The first kappa shape index (κ1) is 23.9. The van der Waals surface area contributed by atoms with Crippen LogP contribution in [0.4, 0.5) is 0 Å². The average molecular weight is 493 g/mol. The van der Waals surface area contributed by atoms with Crippen molar-refractivity contribution in [1.82, 2.24) is 9.80 Å². The maximum atomic E-state index is 13.8. The van der Waals surface area contributed by atoms with Gasteiger partial charge in [-0.25, -0.2) is 0 Å². The molecule has 0 unspecified atom stereocenters. The molecule has 9 heteroatoms. The number of rotatable bonds is 8. The van der Waals surface area contributed by atoms with Crippen LogP contribution in [-0.2, 0) is 9.53 Å². The molecule has 2 aliphatic heterocycles. The predicted molar refractivity (Wildman–Crippen MR) is 131 cm³/mol. The van der Waals surface area contributed by atoms with Gasteiger partial charge in [0, 0.05) is 37.1 Å². The molecule has 1 amide bonds. The van der Waals surface area contributed by atoms with Crippen LogP contribution < -0.4 is 9.47 Å². The smallest absolute Gasteiger partial charge is 0.290 e. The summed E-state index contributed by atoms with van der Waals surface area (Å²) in [5.74, 6) is -0.703. The normalized spacial score (nSPS) is 18.8. The van der Waals surface area contributed by atoms with E-state index in [1.54, 1.807) is 30.3 Å². The van der Waals surface area contributed by atoms with Gasteiger partial charge < -0.3 is 28.6 Å². The number of ether oxygens (including phenoxy) is 3. The third-order valence-electron chi connectivity index (χ3n) is 6.69. The molecule has 3 aromatic rings. The molecule has 0 radical (unpaired) electrons. The Morgan fingerprint density at radius 3 is 2.56 bits per heavy atom. The molecular formula is C27H28N2O7. The van der Waals surface area contributed by atoms with Gasteiger partial charge >= 0.3 is 0 Å². The van der Waals surface area contributed by atoms with Gasteiger partial charge in [-0.3, -0.25) is 14.5 Å². The highest BCUT2D eigenvalue weighted by atomic mass is 16.5. The minimum atomic E-state index is -0.885. The zero-order valence-corrected chi connectivity index (χ0v) is 20.2. The molecule has 0 spiro atoms. The van der Waals surface area contributed by atoms with Crippen LogP contribution >= 0.6 is 0 Å². The van der Waals surface area contributed by atoms with E-state index in [2.05, 4.69) is 4.90 Å². The number of hydrogen-bond donors (Lipinski definition) is 1. The SMILES string of the molecule is COc1ccc(OC)c([C@H]2C(C(=O)c3cc4ccccc4o3)=C(O)C(=O)N2CCN2CCOCC2)c1. The highest BCUT2D eigenvalue weighted by Gasteiger charge is 2.45. The average Bonchev–Trinajstić information content (AvgIpc) is 3.46. The molecule has 1 fully saturated rings. The number of aliphatic hydroxyl groups is 1. The highest BCUT2D eigenvalue weighted by Crippen LogP contribution is 2.43. The van der Waals surface area contributed by atoms with Gasteiger partial charge in [0.15, 0.2) is 11.5 Å². The largest absolute Gasteiger partial charge is 0.503 e. The Bertz CT molecular complexity index is 1290. The van der Waals surface area contributed by atoms with Gasteiger partial charge in [-0.1, -0.05) is 18.2 Å². The minimum Gasteiger partial charge on any atom is -0.503 e. The third-order valence-corrected chi connectivity index (χ3v) is 6.69. The van der Waals surface area contributed by atoms with Gasteiger partial charge in [0.2, 0.25) is 5.78 Å². The highest BCUT2D eigenvalue weighted by molar-refractivity contribution is 6.16. The van der Waals surface area contributed by atoms with E-state index >= 15 is 0 Å². The lowest BCUT2D eigenvalue weighted by Gasteiger charge is -2.32. The van der Waals surface area contributed by atoms with Gasteiger partial charge in [0.05, 0.1) is 39.0 Å². The van der Waals surface area contributed by atoms with Crippen LogP contribution in [0.2, 0.25) is 0 Å². The zero-order chi connectivity index (χ0) is 25.2. The van der Waals surface area contributed by atoms with Crippen molar-refractivity contribution in [3.8, 4) is 11.5 Å². The Hall–Kier alpha value is -3.82. The molecule has 2 aliphatic rings. The number of benzene rings is 2. The van der Waals surface area contributed by atoms with Crippen molar-refractivity contribution >= 4 is 22.7 Å². The van der Waals surface area contributed by atoms with Gasteiger partial charge in [-0.15, -0.1) is 0 Å². The first-order valence-electron chi connectivity index (χ1n) is 11.8. The molecule has 0 bridgehead atoms. The van der Waals surface area contributed by atoms with Gasteiger partial charge in [0.25, 0.3) is 5.91 Å². The number of Topliss-reactive ketones (excluding diaryl/α,β-unsaturated/α-hetero) is 1. The quantitative estimate of drug-likeness (QED) is 0.478. The van der Waals surface area contributed by atoms with E-state index in [-0.39, 0.29) is 11.3 Å². The van der Waals surface area contributed by atoms with Crippen LogP contribution in [-0.4, -0.2) is 80.2 Å². The predicted octanol–water partition coefficient (Wildman–Crippen LogP) is 3.36. The van der Waals surface area contributed by atoms with E-state index in [1.165, 1.54) is 19.1 Å². The van der Waals surface area contributed by atoms with E-state index in [0.717, 1.165) is 18.5 Å². The lowest BCUT2D eigenvalue weighted by molar-refractivity contribution is -0.129. The van der Waals surface area contributed by atoms with Crippen molar-refractivity contribution in [1.29, 1.82) is 0 Å². The molecule has 9 nitrogen and oxygen atoms in total. The van der Waals surface area contributed by atoms with E-state index in [0.29, 0.717) is 48.9 Å². The fourth-order valence-corrected chi connectivity index (χ4v) is 4.79. The van der Waals surface area contributed by atoms with Crippen LogP contribution in [0.5, 0.6) is 11.5 Å². The molecule has 3 heterocycles. The molecule has 188 valence electrons. The Balaban J connectivity index is 1.57. The lowest BCUT2D eigenvalue weighted by Crippen LogP contribution is -2.43. The second kappa shape index (κ2) is 10.0.